The van der Waals surface area contributed by atoms with E-state index in [0.29, 0.717) is 12.8 Å². The average molecular weight is 521 g/mol. The molecular weight excluding hydrogens is 491 g/mol. The van der Waals surface area contributed by atoms with Crippen LogP contribution in [0.4, 0.5) is 0 Å². The maximum absolute atomic E-state index is 13.6. The van der Waals surface area contributed by atoms with Gasteiger partial charge in [0.25, 0.3) is 0 Å². The van der Waals surface area contributed by atoms with E-state index in [1.54, 1.807) is 6.08 Å². The van der Waals surface area contributed by atoms with Gasteiger partial charge in [-0.2, -0.15) is 0 Å². The molecule has 1 aromatic rings. The molecule has 1 heterocycles. The first-order chi connectivity index (χ1) is 16.5. The summed E-state index contributed by atoms with van der Waals surface area (Å²) in [6.45, 7) is 5.82. The highest BCUT2D eigenvalue weighted by atomic mass is 35.5. The zero-order valence-corrected chi connectivity index (χ0v) is 21.6. The fraction of sp³-hybridized carbons (Fsp3) is 0.593. The predicted molar refractivity (Wildman–Crippen MR) is 130 cm³/mol. The normalized spacial score (nSPS) is 44.2. The number of halogens is 2. The molecule has 35 heavy (non-hydrogen) atoms. The molecule has 1 aromatic heterocycles. The molecule has 4 aliphatic carbocycles. The van der Waals surface area contributed by atoms with Crippen LogP contribution in [0.15, 0.2) is 46.8 Å². The Bertz CT molecular complexity index is 1140. The fourth-order valence-electron chi connectivity index (χ4n) is 7.99. The maximum Gasteiger partial charge on any atom is 0.342 e. The molecule has 4 aliphatic rings. The highest BCUT2D eigenvalue weighted by molar-refractivity contribution is 6.29. The Labute approximate surface area is 214 Å². The summed E-state index contributed by atoms with van der Waals surface area (Å²) in [5, 5.41) is 11.8. The van der Waals surface area contributed by atoms with Crippen molar-refractivity contribution in [2.45, 2.75) is 63.0 Å². The van der Waals surface area contributed by atoms with Gasteiger partial charge >= 0.3 is 5.97 Å². The van der Waals surface area contributed by atoms with Crippen LogP contribution in [0.5, 0.6) is 0 Å². The van der Waals surface area contributed by atoms with Crippen LogP contribution in [0, 0.1) is 28.6 Å². The summed E-state index contributed by atoms with van der Waals surface area (Å²) in [5.74, 6) is -1.99. The lowest BCUT2D eigenvalue weighted by Gasteiger charge is -2.63. The molecule has 0 bridgehead atoms. The number of carbonyl (C=O) groups is 3. The Morgan fingerprint density at radius 2 is 2.03 bits per heavy atom. The minimum absolute atomic E-state index is 0.0231. The van der Waals surface area contributed by atoms with Crippen LogP contribution in [-0.2, 0) is 14.3 Å². The minimum Gasteiger partial charge on any atom is -0.472 e. The van der Waals surface area contributed by atoms with Gasteiger partial charge in [0.05, 0.1) is 28.7 Å². The number of rotatable bonds is 4. The molecule has 5 rings (SSSR count). The summed E-state index contributed by atoms with van der Waals surface area (Å²) < 4.78 is 11.2. The van der Waals surface area contributed by atoms with E-state index in [1.807, 2.05) is 26.8 Å². The van der Waals surface area contributed by atoms with Crippen molar-refractivity contribution in [3.8, 4) is 0 Å². The van der Waals surface area contributed by atoms with E-state index in [2.05, 4.69) is 6.08 Å². The van der Waals surface area contributed by atoms with Gasteiger partial charge in [0.1, 0.15) is 6.26 Å². The molecule has 2 saturated carbocycles. The van der Waals surface area contributed by atoms with Crippen molar-refractivity contribution in [2.24, 2.45) is 28.6 Å². The second-order valence-electron chi connectivity index (χ2n) is 11.1. The third-order valence-corrected chi connectivity index (χ3v) is 10.9. The fourth-order valence-corrected chi connectivity index (χ4v) is 8.69. The summed E-state index contributed by atoms with van der Waals surface area (Å²) in [6.07, 6.45) is 8.73. The molecule has 0 spiro atoms. The highest BCUT2D eigenvalue weighted by Gasteiger charge is 2.76. The van der Waals surface area contributed by atoms with Gasteiger partial charge in [-0.1, -0.05) is 38.5 Å². The first-order valence-corrected chi connectivity index (χ1v) is 13.0. The minimum atomic E-state index is -1.52. The maximum atomic E-state index is 13.6. The Morgan fingerprint density at radius 3 is 2.69 bits per heavy atom. The van der Waals surface area contributed by atoms with Gasteiger partial charge in [-0.05, 0) is 43.2 Å². The van der Waals surface area contributed by atoms with E-state index in [0.717, 1.165) is 5.57 Å². The number of allylic oxidation sites excluding steroid dienone is 4. The van der Waals surface area contributed by atoms with E-state index in [4.69, 9.17) is 32.4 Å². The molecule has 0 amide bonds. The largest absolute Gasteiger partial charge is 0.472 e. The average Bonchev–Trinajstić information content (AvgIpc) is 3.42. The number of fused-ring (bicyclic) bond motifs is 5. The highest BCUT2D eigenvalue weighted by Crippen LogP contribution is 2.71. The standard InChI is InChI=1S/C27H30Cl2O6/c1-15-10-20-19-5-4-17-11-18(30)6-8-24(17,2)26(19,29)21(31)12-25(20,3)27(15,22(32)13-28)35-23(33)16-7-9-34-14-16/h4,6-9,14-15,19-21,31H,5,10-13H2,1-3H3/t15-,19+,20+,21+,24+,25+,26+,27+/m1/s1. The molecular formula is C27H30Cl2O6. The number of ether oxygens (including phenoxy) is 1. The molecule has 8 heteroatoms. The van der Waals surface area contributed by atoms with E-state index in [-0.39, 0.29) is 53.6 Å². The van der Waals surface area contributed by atoms with E-state index in [1.165, 1.54) is 18.6 Å². The Hall–Kier alpha value is -1.89. The van der Waals surface area contributed by atoms with Crippen LogP contribution in [-0.4, -0.2) is 45.1 Å². The molecule has 2 fully saturated rings. The predicted octanol–water partition coefficient (Wildman–Crippen LogP) is 4.87. The van der Waals surface area contributed by atoms with Crippen LogP contribution in [0.25, 0.3) is 0 Å². The zero-order valence-electron chi connectivity index (χ0n) is 20.1. The van der Waals surface area contributed by atoms with E-state index < -0.39 is 33.4 Å². The Morgan fingerprint density at radius 1 is 1.29 bits per heavy atom. The molecule has 0 radical (unpaired) electrons. The van der Waals surface area contributed by atoms with Gasteiger partial charge in [-0.3, -0.25) is 9.59 Å². The van der Waals surface area contributed by atoms with Crippen molar-refractivity contribution in [1.29, 1.82) is 0 Å². The molecule has 6 nitrogen and oxygen atoms in total. The number of Topliss-reactive ketones (excluding diaryl/α,β-unsaturated/α-hetero) is 1. The number of furan rings is 1. The van der Waals surface area contributed by atoms with Crippen LogP contribution >= 0.6 is 23.2 Å². The number of aliphatic hydroxyl groups is 1. The lowest BCUT2D eigenvalue weighted by Crippen LogP contribution is -2.69. The van der Waals surface area contributed by atoms with Crippen molar-refractivity contribution in [3.63, 3.8) is 0 Å². The molecule has 188 valence electrons. The van der Waals surface area contributed by atoms with Crippen LogP contribution in [0.3, 0.4) is 0 Å². The quantitative estimate of drug-likeness (QED) is 0.345. The Balaban J connectivity index is 1.62. The molecule has 0 aliphatic heterocycles. The smallest absolute Gasteiger partial charge is 0.342 e. The monoisotopic (exact) mass is 520 g/mol. The summed E-state index contributed by atoms with van der Waals surface area (Å²) in [5.41, 5.74) is -1.97. The van der Waals surface area contributed by atoms with Gasteiger partial charge in [0.2, 0.25) is 0 Å². The second kappa shape index (κ2) is 8.06. The third kappa shape index (κ3) is 3.02. The molecule has 0 saturated heterocycles. The number of hydrogen-bond acceptors (Lipinski definition) is 6. The van der Waals surface area contributed by atoms with Crippen molar-refractivity contribution < 1.29 is 28.6 Å². The lowest BCUT2D eigenvalue weighted by atomic mass is 9.46. The number of alkyl halides is 2. The van der Waals surface area contributed by atoms with Gasteiger partial charge in [0, 0.05) is 23.2 Å². The SMILES string of the molecule is C[C@@H]1C[C@H]2[C@@H]3CC=C4CC(=O)C=C[C@]4(C)[C@@]3(Cl)[C@@H](O)C[C@]2(C)[C@@]1(OC(=O)c1ccoc1)C(=O)CCl. The first kappa shape index (κ1) is 24.8. The van der Waals surface area contributed by atoms with Crippen molar-refractivity contribution >= 4 is 40.7 Å². The Kier molecular flexibility index (Phi) is 5.71. The number of aliphatic hydroxyl groups excluding tert-OH is 1. The number of ketones is 2. The van der Waals surface area contributed by atoms with Crippen molar-refractivity contribution in [3.05, 3.63) is 48.0 Å². The molecule has 1 N–H and O–H groups in total. The topological polar surface area (TPSA) is 93.8 Å². The van der Waals surface area contributed by atoms with Crippen LogP contribution in [0.2, 0.25) is 0 Å². The number of hydrogen-bond donors (Lipinski definition) is 1. The summed E-state index contributed by atoms with van der Waals surface area (Å²) in [6, 6.07) is 1.49. The van der Waals surface area contributed by atoms with Gasteiger partial charge in [0.15, 0.2) is 17.2 Å². The lowest BCUT2D eigenvalue weighted by molar-refractivity contribution is -0.175. The van der Waals surface area contributed by atoms with Gasteiger partial charge < -0.3 is 14.3 Å². The molecule has 0 aromatic carbocycles. The third-order valence-electron chi connectivity index (χ3n) is 9.69. The van der Waals surface area contributed by atoms with Crippen molar-refractivity contribution in [1.82, 2.24) is 0 Å². The van der Waals surface area contributed by atoms with Gasteiger partial charge in [-0.15, -0.1) is 23.2 Å². The van der Waals surface area contributed by atoms with E-state index in [9.17, 15) is 19.5 Å². The zero-order chi connectivity index (χ0) is 25.4. The molecule has 8 atom stereocenters. The number of esters is 1. The van der Waals surface area contributed by atoms with Gasteiger partial charge in [-0.25, -0.2) is 4.79 Å². The molecule has 0 unspecified atom stereocenters. The van der Waals surface area contributed by atoms with Crippen molar-refractivity contribution in [2.75, 3.05) is 5.88 Å². The van der Waals surface area contributed by atoms with Crippen LogP contribution in [0.1, 0.15) is 56.8 Å². The summed E-state index contributed by atoms with van der Waals surface area (Å²) in [4.78, 5) is 37.8. The second-order valence-corrected chi connectivity index (χ2v) is 12.0. The summed E-state index contributed by atoms with van der Waals surface area (Å²) in [7, 11) is 0. The van der Waals surface area contributed by atoms with E-state index >= 15 is 0 Å². The number of carbonyl (C=O) groups excluding carboxylic acids is 3. The summed E-state index contributed by atoms with van der Waals surface area (Å²) >= 11 is 13.6. The first-order valence-electron chi connectivity index (χ1n) is 12.1. The van der Waals surface area contributed by atoms with Crippen LogP contribution < -0.4 is 0 Å².